The molecular weight excluding hydrogens is 457 g/mol. The van der Waals surface area contributed by atoms with Gasteiger partial charge in [-0.1, -0.05) is 0 Å². The van der Waals surface area contributed by atoms with E-state index >= 15 is 0 Å². The van der Waals surface area contributed by atoms with Crippen LogP contribution in [0.2, 0.25) is 0 Å². The van der Waals surface area contributed by atoms with Gasteiger partial charge in [0.2, 0.25) is 5.95 Å². The Morgan fingerprint density at radius 3 is 2.72 bits per heavy atom. The summed E-state index contributed by atoms with van der Waals surface area (Å²) in [4.78, 5) is 51.7. The maximum absolute atomic E-state index is 12.4. The average Bonchev–Trinajstić information content (AvgIpc) is 3.24. The fraction of sp³-hybridized carbons (Fsp3) is 0.600. The number of anilines is 1. The highest BCUT2D eigenvalue weighted by molar-refractivity contribution is 7.46. The second-order valence-corrected chi connectivity index (χ2v) is 8.21. The van der Waals surface area contributed by atoms with Crippen LogP contribution in [0.5, 0.6) is 0 Å². The van der Waals surface area contributed by atoms with Gasteiger partial charge < -0.3 is 40.3 Å². The van der Waals surface area contributed by atoms with Crippen molar-refractivity contribution in [1.29, 1.82) is 0 Å². The van der Waals surface area contributed by atoms with Crippen molar-refractivity contribution < 1.29 is 48.8 Å². The molecule has 3 rings (SSSR count). The number of aromatic amines is 1. The van der Waals surface area contributed by atoms with Crippen molar-refractivity contribution in [1.82, 2.24) is 19.5 Å². The van der Waals surface area contributed by atoms with Crippen LogP contribution >= 0.6 is 7.82 Å². The Labute approximate surface area is 178 Å². The number of aromatic nitrogens is 4. The molecule has 0 radical (unpaired) electrons. The number of H-pyrrole nitrogens is 1. The Morgan fingerprint density at radius 2 is 2.09 bits per heavy atom. The van der Waals surface area contributed by atoms with Crippen LogP contribution in [-0.2, 0) is 18.6 Å². The molecule has 0 bridgehead atoms. The average molecular weight is 479 g/mol. The van der Waals surface area contributed by atoms with Crippen molar-refractivity contribution in [3.8, 4) is 0 Å². The molecule has 0 aliphatic carbocycles. The van der Waals surface area contributed by atoms with Gasteiger partial charge in [0.1, 0.15) is 24.4 Å². The molecule has 1 aliphatic rings. The molecule has 3 heterocycles. The van der Waals surface area contributed by atoms with Crippen molar-refractivity contribution in [2.75, 3.05) is 18.5 Å². The lowest BCUT2D eigenvalue weighted by atomic mass is 10.1. The molecule has 2 aromatic rings. The fourth-order valence-electron chi connectivity index (χ4n) is 3.17. The molecule has 0 spiro atoms. The number of phosphoric acid groups is 1. The minimum atomic E-state index is -4.85. The monoisotopic (exact) mass is 479 g/mol. The molecule has 0 amide bonds. The molecule has 5 atom stereocenters. The summed E-state index contributed by atoms with van der Waals surface area (Å²) in [5.41, 5.74) is -1.01. The van der Waals surface area contributed by atoms with E-state index in [4.69, 9.17) is 19.6 Å². The van der Waals surface area contributed by atoms with E-state index in [-0.39, 0.29) is 36.6 Å². The van der Waals surface area contributed by atoms with Crippen molar-refractivity contribution in [3.05, 3.63) is 16.7 Å². The Balaban J connectivity index is 1.88. The quantitative estimate of drug-likeness (QED) is 0.164. The number of nitrogens with zero attached hydrogens (tertiary/aromatic N) is 3. The molecule has 17 heteroatoms. The summed E-state index contributed by atoms with van der Waals surface area (Å²) >= 11 is 0. The van der Waals surface area contributed by atoms with Gasteiger partial charge in [-0.05, 0) is 12.8 Å². The van der Waals surface area contributed by atoms with Gasteiger partial charge in [0.15, 0.2) is 17.4 Å². The van der Waals surface area contributed by atoms with Gasteiger partial charge in [-0.25, -0.2) is 14.3 Å². The largest absolute Gasteiger partial charge is 0.480 e. The first kappa shape index (κ1) is 24.2. The van der Waals surface area contributed by atoms with E-state index in [1.807, 2.05) is 0 Å². The van der Waals surface area contributed by atoms with Crippen LogP contribution in [0, 0.1) is 0 Å². The highest BCUT2D eigenvalue weighted by Crippen LogP contribution is 2.38. The topological polar surface area (TPSA) is 250 Å². The minimum absolute atomic E-state index is 0.0464. The van der Waals surface area contributed by atoms with Crippen molar-refractivity contribution in [2.45, 2.75) is 43.4 Å². The molecule has 0 saturated carbocycles. The van der Waals surface area contributed by atoms with Crippen LogP contribution in [0.15, 0.2) is 11.1 Å². The Kier molecular flexibility index (Phi) is 7.26. The number of nitrogens with one attached hydrogen (secondary N) is 2. The first-order valence-electron chi connectivity index (χ1n) is 9.30. The lowest BCUT2D eigenvalue weighted by Gasteiger charge is -2.17. The van der Waals surface area contributed by atoms with Crippen LogP contribution in [0.4, 0.5) is 5.95 Å². The van der Waals surface area contributed by atoms with Crippen LogP contribution in [0.25, 0.3) is 11.2 Å². The SMILES string of the molecule is O=C(O)[C@H](CCCO)Nc1nc2c(ncn2[C@@H]2O[C@H](COP(=O)(O)O)[C@@H](O)[C@H]2O)c(=O)[nH]1. The summed E-state index contributed by atoms with van der Waals surface area (Å²) in [5.74, 6) is -1.45. The predicted octanol–water partition coefficient (Wildman–Crippen LogP) is -2.51. The van der Waals surface area contributed by atoms with Crippen LogP contribution < -0.4 is 10.9 Å². The molecular formula is C15H22N5O11P. The zero-order valence-corrected chi connectivity index (χ0v) is 17.2. The van der Waals surface area contributed by atoms with Gasteiger partial charge >= 0.3 is 13.8 Å². The molecule has 32 heavy (non-hydrogen) atoms. The van der Waals surface area contributed by atoms with Crippen molar-refractivity contribution >= 4 is 30.9 Å². The van der Waals surface area contributed by atoms with E-state index in [1.54, 1.807) is 0 Å². The number of aliphatic hydroxyl groups excluding tert-OH is 3. The van der Waals surface area contributed by atoms with Gasteiger partial charge in [0.25, 0.3) is 5.56 Å². The van der Waals surface area contributed by atoms with Gasteiger partial charge in [-0.3, -0.25) is 18.9 Å². The summed E-state index contributed by atoms with van der Waals surface area (Å²) < 4.78 is 21.8. The van der Waals surface area contributed by atoms with Crippen LogP contribution in [0.3, 0.4) is 0 Å². The smallest absolute Gasteiger partial charge is 0.469 e. The minimum Gasteiger partial charge on any atom is -0.480 e. The number of carbonyl (C=O) groups is 1. The molecule has 0 unspecified atom stereocenters. The van der Waals surface area contributed by atoms with E-state index < -0.39 is 56.5 Å². The normalized spacial score (nSPS) is 24.7. The summed E-state index contributed by atoms with van der Waals surface area (Å²) in [6.45, 7) is -0.953. The number of ether oxygens (including phenoxy) is 1. The van der Waals surface area contributed by atoms with E-state index in [0.29, 0.717) is 0 Å². The second-order valence-electron chi connectivity index (χ2n) is 6.97. The molecule has 178 valence electrons. The first-order chi connectivity index (χ1) is 15.0. The lowest BCUT2D eigenvalue weighted by molar-refractivity contribution is -0.138. The molecule has 8 N–H and O–H groups in total. The van der Waals surface area contributed by atoms with E-state index in [0.717, 1.165) is 10.9 Å². The highest BCUT2D eigenvalue weighted by Gasteiger charge is 2.45. The van der Waals surface area contributed by atoms with Gasteiger partial charge in [0.05, 0.1) is 12.9 Å². The van der Waals surface area contributed by atoms with Gasteiger partial charge in [0, 0.05) is 6.61 Å². The van der Waals surface area contributed by atoms with Crippen LogP contribution in [-0.4, -0.2) is 93.3 Å². The second kappa shape index (κ2) is 9.60. The van der Waals surface area contributed by atoms with E-state index in [2.05, 4.69) is 24.8 Å². The summed E-state index contributed by atoms with van der Waals surface area (Å²) in [5, 5.41) is 41.2. The number of aliphatic carboxylic acids is 1. The third kappa shape index (κ3) is 5.31. The number of carboxylic acids is 1. The Bertz CT molecular complexity index is 1070. The van der Waals surface area contributed by atoms with Gasteiger partial charge in [-0.2, -0.15) is 4.98 Å². The highest BCUT2D eigenvalue weighted by atomic mass is 31.2. The summed E-state index contributed by atoms with van der Waals surface area (Å²) in [7, 11) is -4.85. The molecule has 1 fully saturated rings. The maximum atomic E-state index is 12.4. The number of hydrogen-bond acceptors (Lipinski definition) is 11. The molecule has 2 aromatic heterocycles. The zero-order chi connectivity index (χ0) is 23.6. The Hall–Kier alpha value is -2.43. The number of rotatable bonds is 10. The molecule has 16 nitrogen and oxygen atoms in total. The number of phosphoric ester groups is 1. The number of imidazole rings is 1. The number of carboxylic acid groups (broad SMARTS) is 1. The predicted molar refractivity (Wildman–Crippen MR) is 103 cm³/mol. The summed E-state index contributed by atoms with van der Waals surface area (Å²) in [6.07, 6.45) is -4.49. The number of fused-ring (bicyclic) bond motifs is 1. The number of aliphatic hydroxyl groups is 3. The third-order valence-corrected chi connectivity index (χ3v) is 5.20. The number of hydrogen-bond donors (Lipinski definition) is 8. The van der Waals surface area contributed by atoms with Crippen molar-refractivity contribution in [3.63, 3.8) is 0 Å². The summed E-state index contributed by atoms with van der Waals surface area (Å²) in [6, 6.07) is -1.16. The lowest BCUT2D eigenvalue weighted by Crippen LogP contribution is -2.33. The van der Waals surface area contributed by atoms with Crippen molar-refractivity contribution in [2.24, 2.45) is 0 Å². The van der Waals surface area contributed by atoms with E-state index in [9.17, 15) is 29.5 Å². The third-order valence-electron chi connectivity index (χ3n) is 4.71. The maximum Gasteiger partial charge on any atom is 0.469 e. The van der Waals surface area contributed by atoms with Crippen LogP contribution in [0.1, 0.15) is 19.1 Å². The molecule has 1 aliphatic heterocycles. The van der Waals surface area contributed by atoms with E-state index in [1.165, 1.54) is 0 Å². The zero-order valence-electron chi connectivity index (χ0n) is 16.3. The standard InChI is InChI=1S/C15H22N5O11P/c21-3-1-2-6(14(25)26)17-15-18-11-8(12(24)19-15)16-5-20(11)13-10(23)9(22)7(31-13)4-30-32(27,28)29/h5-7,9-10,13,21-23H,1-4H2,(H,25,26)(H2,27,28,29)(H2,17,18,19,24)/t6-,7+,9+,10+,13+/m0/s1. The fourth-order valence-corrected chi connectivity index (χ4v) is 3.51. The first-order valence-corrected chi connectivity index (χ1v) is 10.8. The Morgan fingerprint density at radius 1 is 1.38 bits per heavy atom. The molecule has 1 saturated heterocycles. The van der Waals surface area contributed by atoms with Gasteiger partial charge in [-0.15, -0.1) is 0 Å². The molecule has 0 aromatic carbocycles.